The smallest absolute Gasteiger partial charge is 0.253 e. The van der Waals surface area contributed by atoms with Crippen molar-refractivity contribution in [2.24, 2.45) is 0 Å². The molecule has 1 atom stereocenters. The Bertz CT molecular complexity index is 707. The molecule has 1 fully saturated rings. The molecule has 1 amide bonds. The highest BCUT2D eigenvalue weighted by molar-refractivity contribution is 6.07. The van der Waals surface area contributed by atoms with Crippen LogP contribution >= 0.6 is 0 Å². The van der Waals surface area contributed by atoms with Crippen LogP contribution in [0.25, 0.3) is 10.8 Å². The predicted octanol–water partition coefficient (Wildman–Crippen LogP) is 3.59. The van der Waals surface area contributed by atoms with Gasteiger partial charge in [-0.1, -0.05) is 6.92 Å². The van der Waals surface area contributed by atoms with Gasteiger partial charge in [0.2, 0.25) is 0 Å². The van der Waals surface area contributed by atoms with Crippen LogP contribution in [0.15, 0.2) is 30.6 Å². The van der Waals surface area contributed by atoms with Gasteiger partial charge in [-0.2, -0.15) is 0 Å². The Morgan fingerprint density at radius 1 is 1.25 bits per heavy atom. The van der Waals surface area contributed by atoms with Crippen molar-refractivity contribution in [1.29, 1.82) is 0 Å². The van der Waals surface area contributed by atoms with E-state index < -0.39 is 6.10 Å². The standard InChI is InChI=1S/C19H25N3O2/c1-3-18(24-2)19(23)21-16-7-8-17(22-11-5-4-6-12-22)14-9-10-20-13-15(14)16/h7-10,13,18H,3-6,11-12H2,1-2H3,(H,21,23)/t18-/m0/s1. The van der Waals surface area contributed by atoms with Crippen LogP contribution in [0.2, 0.25) is 0 Å². The highest BCUT2D eigenvalue weighted by Gasteiger charge is 2.19. The number of fused-ring (bicyclic) bond motifs is 1. The van der Waals surface area contributed by atoms with Gasteiger partial charge in [-0.05, 0) is 43.9 Å². The maximum absolute atomic E-state index is 12.3. The predicted molar refractivity (Wildman–Crippen MR) is 97.5 cm³/mol. The normalized spacial score (nSPS) is 16.2. The molecule has 1 aromatic carbocycles. The van der Waals surface area contributed by atoms with Crippen LogP contribution in [0.5, 0.6) is 0 Å². The first-order valence-corrected chi connectivity index (χ1v) is 8.70. The second kappa shape index (κ2) is 7.62. The van der Waals surface area contributed by atoms with Crippen LogP contribution in [-0.2, 0) is 9.53 Å². The Labute approximate surface area is 143 Å². The van der Waals surface area contributed by atoms with Crippen molar-refractivity contribution in [2.45, 2.75) is 38.7 Å². The van der Waals surface area contributed by atoms with Crippen molar-refractivity contribution in [3.8, 4) is 0 Å². The Morgan fingerprint density at radius 2 is 2.04 bits per heavy atom. The van der Waals surface area contributed by atoms with E-state index in [1.54, 1.807) is 7.11 Å². The van der Waals surface area contributed by atoms with Gasteiger partial charge >= 0.3 is 0 Å². The average molecular weight is 327 g/mol. The van der Waals surface area contributed by atoms with Crippen molar-refractivity contribution in [2.75, 3.05) is 30.4 Å². The van der Waals surface area contributed by atoms with Gasteiger partial charge in [0.25, 0.3) is 5.91 Å². The van der Waals surface area contributed by atoms with Gasteiger partial charge in [0.05, 0.1) is 5.69 Å². The van der Waals surface area contributed by atoms with E-state index >= 15 is 0 Å². The first-order chi connectivity index (χ1) is 11.7. The molecule has 24 heavy (non-hydrogen) atoms. The van der Waals surface area contributed by atoms with E-state index in [4.69, 9.17) is 4.74 Å². The summed E-state index contributed by atoms with van der Waals surface area (Å²) in [5, 5.41) is 5.10. The number of hydrogen-bond acceptors (Lipinski definition) is 4. The fraction of sp³-hybridized carbons (Fsp3) is 0.474. The van der Waals surface area contributed by atoms with E-state index in [9.17, 15) is 4.79 Å². The molecule has 0 radical (unpaired) electrons. The minimum Gasteiger partial charge on any atom is -0.372 e. The highest BCUT2D eigenvalue weighted by atomic mass is 16.5. The van der Waals surface area contributed by atoms with E-state index in [0.717, 1.165) is 29.5 Å². The van der Waals surface area contributed by atoms with E-state index in [2.05, 4.69) is 21.3 Å². The lowest BCUT2D eigenvalue weighted by Crippen LogP contribution is -2.30. The first-order valence-electron chi connectivity index (χ1n) is 8.70. The molecule has 0 unspecified atom stereocenters. The third kappa shape index (κ3) is 3.36. The molecule has 5 nitrogen and oxygen atoms in total. The van der Waals surface area contributed by atoms with Crippen LogP contribution in [0, 0.1) is 0 Å². The summed E-state index contributed by atoms with van der Waals surface area (Å²) in [5.41, 5.74) is 2.02. The number of nitrogens with one attached hydrogen (secondary N) is 1. The Hall–Kier alpha value is -2.14. The largest absolute Gasteiger partial charge is 0.372 e. The van der Waals surface area contributed by atoms with Crippen molar-refractivity contribution < 1.29 is 9.53 Å². The Morgan fingerprint density at radius 3 is 2.75 bits per heavy atom. The minimum absolute atomic E-state index is 0.115. The van der Waals surface area contributed by atoms with Crippen molar-refractivity contribution >= 4 is 28.1 Å². The monoisotopic (exact) mass is 327 g/mol. The zero-order valence-corrected chi connectivity index (χ0v) is 14.4. The fourth-order valence-corrected chi connectivity index (χ4v) is 3.37. The summed E-state index contributed by atoms with van der Waals surface area (Å²) in [6, 6.07) is 6.12. The summed E-state index contributed by atoms with van der Waals surface area (Å²) < 4.78 is 5.23. The zero-order valence-electron chi connectivity index (χ0n) is 14.4. The number of carbonyl (C=O) groups is 1. The van der Waals surface area contributed by atoms with Crippen molar-refractivity contribution in [1.82, 2.24) is 4.98 Å². The number of rotatable bonds is 5. The molecule has 5 heteroatoms. The molecular formula is C19H25N3O2. The lowest BCUT2D eigenvalue weighted by atomic mass is 10.0. The lowest BCUT2D eigenvalue weighted by molar-refractivity contribution is -0.125. The number of hydrogen-bond donors (Lipinski definition) is 1. The fourth-order valence-electron chi connectivity index (χ4n) is 3.37. The molecule has 0 aliphatic carbocycles. The quantitative estimate of drug-likeness (QED) is 0.912. The number of aromatic nitrogens is 1. The average Bonchev–Trinajstić information content (AvgIpc) is 2.64. The second-order valence-electron chi connectivity index (χ2n) is 6.22. The minimum atomic E-state index is -0.432. The van der Waals surface area contributed by atoms with Crippen molar-refractivity contribution in [3.63, 3.8) is 0 Å². The highest BCUT2D eigenvalue weighted by Crippen LogP contribution is 2.33. The summed E-state index contributed by atoms with van der Waals surface area (Å²) in [7, 11) is 1.56. The molecule has 1 aromatic heterocycles. The summed E-state index contributed by atoms with van der Waals surface area (Å²) >= 11 is 0. The Kier molecular flexibility index (Phi) is 5.30. The lowest BCUT2D eigenvalue weighted by Gasteiger charge is -2.30. The topological polar surface area (TPSA) is 54.5 Å². The first kappa shape index (κ1) is 16.7. The SMILES string of the molecule is CC[C@H](OC)C(=O)Nc1ccc(N2CCCCC2)c2ccncc12. The number of carbonyl (C=O) groups excluding carboxylic acids is 1. The van der Waals surface area contributed by atoms with Crippen LogP contribution < -0.4 is 10.2 Å². The van der Waals surface area contributed by atoms with Crippen LogP contribution in [-0.4, -0.2) is 37.2 Å². The number of anilines is 2. The van der Waals surface area contributed by atoms with Gasteiger partial charge in [-0.15, -0.1) is 0 Å². The molecule has 128 valence electrons. The number of ether oxygens (including phenoxy) is 1. The van der Waals surface area contributed by atoms with Gasteiger partial charge in [0.15, 0.2) is 0 Å². The number of methoxy groups -OCH3 is 1. The molecule has 1 aliphatic rings. The molecule has 3 rings (SSSR count). The van der Waals surface area contributed by atoms with Crippen LogP contribution in [0.1, 0.15) is 32.6 Å². The molecule has 1 saturated heterocycles. The van der Waals surface area contributed by atoms with Gasteiger partial charge in [-0.25, -0.2) is 0 Å². The second-order valence-corrected chi connectivity index (χ2v) is 6.22. The van der Waals surface area contributed by atoms with Gasteiger partial charge in [0.1, 0.15) is 6.10 Å². The number of amides is 1. The van der Waals surface area contributed by atoms with Gasteiger partial charge < -0.3 is 15.0 Å². The van der Waals surface area contributed by atoms with E-state index in [1.165, 1.54) is 24.9 Å². The number of benzene rings is 1. The summed E-state index contributed by atoms with van der Waals surface area (Å²) in [6.45, 7) is 4.11. The summed E-state index contributed by atoms with van der Waals surface area (Å²) in [4.78, 5) is 19.0. The maximum atomic E-state index is 12.3. The van der Waals surface area contributed by atoms with E-state index in [1.807, 2.05) is 31.5 Å². The summed E-state index contributed by atoms with van der Waals surface area (Å²) in [5.74, 6) is -0.115. The number of piperidine rings is 1. The van der Waals surface area contributed by atoms with Crippen LogP contribution in [0.4, 0.5) is 11.4 Å². The molecule has 1 N–H and O–H groups in total. The van der Waals surface area contributed by atoms with Crippen LogP contribution in [0.3, 0.4) is 0 Å². The van der Waals surface area contributed by atoms with Gasteiger partial charge in [-0.3, -0.25) is 9.78 Å². The zero-order chi connectivity index (χ0) is 16.9. The molecule has 0 bridgehead atoms. The molecular weight excluding hydrogens is 302 g/mol. The maximum Gasteiger partial charge on any atom is 0.253 e. The van der Waals surface area contributed by atoms with Gasteiger partial charge in [0, 0.05) is 49.1 Å². The molecule has 0 saturated carbocycles. The van der Waals surface area contributed by atoms with E-state index in [0.29, 0.717) is 6.42 Å². The number of nitrogens with zero attached hydrogens (tertiary/aromatic N) is 2. The Balaban J connectivity index is 1.94. The summed E-state index contributed by atoms with van der Waals surface area (Å²) in [6.07, 6.45) is 7.62. The molecule has 2 heterocycles. The molecule has 2 aromatic rings. The third-order valence-corrected chi connectivity index (χ3v) is 4.70. The molecule has 0 spiro atoms. The third-order valence-electron chi connectivity index (χ3n) is 4.70. The number of pyridine rings is 1. The van der Waals surface area contributed by atoms with E-state index in [-0.39, 0.29) is 5.91 Å². The van der Waals surface area contributed by atoms with Crippen molar-refractivity contribution in [3.05, 3.63) is 30.6 Å². The molecule has 1 aliphatic heterocycles.